The van der Waals surface area contributed by atoms with Crippen LogP contribution in [0.15, 0.2) is 30.5 Å². The molecular weight excluding hydrogens is 202 g/mol. The Balaban J connectivity index is 2.70. The maximum atomic E-state index is 11.8. The fourth-order valence-corrected chi connectivity index (χ4v) is 1.91. The Morgan fingerprint density at radius 3 is 2.56 bits per heavy atom. The molecule has 1 aliphatic rings. The first-order valence-corrected chi connectivity index (χ1v) is 5.20. The molecule has 0 spiro atoms. The third kappa shape index (κ3) is 1.45. The van der Waals surface area contributed by atoms with E-state index < -0.39 is 0 Å². The molecule has 0 unspecified atom stereocenters. The van der Waals surface area contributed by atoms with E-state index in [0.29, 0.717) is 11.1 Å². The van der Waals surface area contributed by atoms with Gasteiger partial charge in [-0.05, 0) is 11.5 Å². The number of fused-ring (bicyclic) bond motifs is 1. The van der Waals surface area contributed by atoms with Gasteiger partial charge >= 0.3 is 0 Å². The fraction of sp³-hybridized carbons (Fsp3) is 0.231. The second kappa shape index (κ2) is 3.59. The third-order valence-corrected chi connectivity index (χ3v) is 2.73. The molecule has 3 heteroatoms. The number of carbonyl (C=O) groups excluding carboxylic acids is 2. The predicted molar refractivity (Wildman–Crippen MR) is 61.5 cm³/mol. The molecule has 0 radical (unpaired) electrons. The van der Waals surface area contributed by atoms with Crippen molar-refractivity contribution >= 4 is 11.7 Å². The topological polar surface area (TPSA) is 46.2 Å². The average molecular weight is 215 g/mol. The van der Waals surface area contributed by atoms with Gasteiger partial charge in [0.05, 0.1) is 11.3 Å². The largest absolute Gasteiger partial charge is 0.319 e. The minimum atomic E-state index is -0.233. The summed E-state index contributed by atoms with van der Waals surface area (Å²) in [5.74, 6) is -0.221. The summed E-state index contributed by atoms with van der Waals surface area (Å²) in [5, 5.41) is 2.50. The molecule has 1 heterocycles. The standard InChI is InChI=1S/C13H13NO2/c1-7(2)9-5-4-6-10-11(9)13(16)14-8(3)12(10)15/h4-7H,3H2,1-2H3,(H,14,16). The molecule has 0 aliphatic carbocycles. The van der Waals surface area contributed by atoms with Crippen LogP contribution in [-0.2, 0) is 0 Å². The van der Waals surface area contributed by atoms with Crippen LogP contribution in [0.25, 0.3) is 0 Å². The van der Waals surface area contributed by atoms with Gasteiger partial charge in [0.25, 0.3) is 5.91 Å². The molecule has 1 aromatic rings. The SMILES string of the molecule is C=C1NC(=O)c2c(cccc2C(C)C)C1=O. The highest BCUT2D eigenvalue weighted by atomic mass is 16.2. The maximum absolute atomic E-state index is 11.8. The van der Waals surface area contributed by atoms with E-state index in [-0.39, 0.29) is 23.3 Å². The van der Waals surface area contributed by atoms with Gasteiger partial charge < -0.3 is 5.32 Å². The zero-order valence-electron chi connectivity index (χ0n) is 9.33. The van der Waals surface area contributed by atoms with Gasteiger partial charge in [0.1, 0.15) is 0 Å². The average Bonchev–Trinajstić information content (AvgIpc) is 2.25. The highest BCUT2D eigenvalue weighted by Gasteiger charge is 2.28. The summed E-state index contributed by atoms with van der Waals surface area (Å²) >= 11 is 0. The van der Waals surface area contributed by atoms with Crippen molar-refractivity contribution < 1.29 is 9.59 Å². The lowest BCUT2D eigenvalue weighted by molar-refractivity contribution is 0.0908. The summed E-state index contributed by atoms with van der Waals surface area (Å²) in [6.45, 7) is 7.53. The molecule has 0 atom stereocenters. The van der Waals surface area contributed by atoms with E-state index in [1.807, 2.05) is 19.9 Å². The van der Waals surface area contributed by atoms with Gasteiger partial charge in [-0.15, -0.1) is 0 Å². The van der Waals surface area contributed by atoms with Crippen molar-refractivity contribution in [2.24, 2.45) is 0 Å². The van der Waals surface area contributed by atoms with Crippen LogP contribution in [0.4, 0.5) is 0 Å². The Hall–Kier alpha value is -1.90. The number of hydrogen-bond acceptors (Lipinski definition) is 2. The van der Waals surface area contributed by atoms with E-state index in [9.17, 15) is 9.59 Å². The molecule has 0 bridgehead atoms. The highest BCUT2D eigenvalue weighted by Crippen LogP contribution is 2.26. The monoisotopic (exact) mass is 215 g/mol. The number of rotatable bonds is 1. The molecular formula is C13H13NO2. The summed E-state index contributed by atoms with van der Waals surface area (Å²) in [6.07, 6.45) is 0. The third-order valence-electron chi connectivity index (χ3n) is 2.73. The number of carbonyl (C=O) groups is 2. The fourth-order valence-electron chi connectivity index (χ4n) is 1.91. The van der Waals surface area contributed by atoms with E-state index in [1.54, 1.807) is 12.1 Å². The van der Waals surface area contributed by atoms with Crippen LogP contribution in [0.3, 0.4) is 0 Å². The Kier molecular flexibility index (Phi) is 2.38. The first-order chi connectivity index (χ1) is 7.52. The summed E-state index contributed by atoms with van der Waals surface area (Å²) in [7, 11) is 0. The van der Waals surface area contributed by atoms with Crippen molar-refractivity contribution in [1.82, 2.24) is 5.32 Å². The molecule has 2 rings (SSSR count). The summed E-state index contributed by atoms with van der Waals surface area (Å²) in [4.78, 5) is 23.7. The zero-order valence-corrected chi connectivity index (χ0v) is 9.33. The van der Waals surface area contributed by atoms with Gasteiger partial charge in [0.2, 0.25) is 5.78 Å². The normalized spacial score (nSPS) is 15.1. The number of Topliss-reactive ketones (excluding diaryl/α,β-unsaturated/α-hetero) is 1. The maximum Gasteiger partial charge on any atom is 0.256 e. The summed E-state index contributed by atoms with van der Waals surface area (Å²) in [5.41, 5.74) is 2.00. The molecule has 0 fully saturated rings. The second-order valence-electron chi connectivity index (χ2n) is 4.19. The molecule has 1 aromatic carbocycles. The first kappa shape index (κ1) is 10.6. The Morgan fingerprint density at radius 1 is 1.25 bits per heavy atom. The van der Waals surface area contributed by atoms with Gasteiger partial charge in [-0.2, -0.15) is 0 Å². The number of allylic oxidation sites excluding steroid dienone is 1. The number of ketones is 1. The van der Waals surface area contributed by atoms with Crippen LogP contribution >= 0.6 is 0 Å². The van der Waals surface area contributed by atoms with Crippen LogP contribution in [0.2, 0.25) is 0 Å². The number of hydrogen-bond donors (Lipinski definition) is 1. The molecule has 0 saturated carbocycles. The Labute approximate surface area is 94.2 Å². The minimum absolute atomic E-state index is 0.151. The van der Waals surface area contributed by atoms with Crippen LogP contribution in [0.5, 0.6) is 0 Å². The van der Waals surface area contributed by atoms with E-state index in [4.69, 9.17) is 0 Å². The summed E-state index contributed by atoms with van der Waals surface area (Å²) < 4.78 is 0. The van der Waals surface area contributed by atoms with Crippen LogP contribution in [0.1, 0.15) is 46.0 Å². The van der Waals surface area contributed by atoms with Crippen LogP contribution in [-0.4, -0.2) is 11.7 Å². The van der Waals surface area contributed by atoms with Crippen LogP contribution in [0, 0.1) is 0 Å². The molecule has 3 nitrogen and oxygen atoms in total. The smallest absolute Gasteiger partial charge is 0.256 e. The second-order valence-corrected chi connectivity index (χ2v) is 4.19. The molecule has 16 heavy (non-hydrogen) atoms. The molecule has 1 amide bonds. The van der Waals surface area contributed by atoms with E-state index in [0.717, 1.165) is 5.56 Å². The predicted octanol–water partition coefficient (Wildman–Crippen LogP) is 2.25. The molecule has 1 N–H and O–H groups in total. The van der Waals surface area contributed by atoms with Gasteiger partial charge in [-0.3, -0.25) is 9.59 Å². The number of benzene rings is 1. The van der Waals surface area contributed by atoms with Gasteiger partial charge in [-0.1, -0.05) is 38.6 Å². The minimum Gasteiger partial charge on any atom is -0.319 e. The first-order valence-electron chi connectivity index (χ1n) is 5.20. The van der Waals surface area contributed by atoms with E-state index >= 15 is 0 Å². The van der Waals surface area contributed by atoms with Crippen molar-refractivity contribution in [3.8, 4) is 0 Å². The van der Waals surface area contributed by atoms with E-state index in [2.05, 4.69) is 11.9 Å². The van der Waals surface area contributed by atoms with Crippen molar-refractivity contribution in [2.75, 3.05) is 0 Å². The molecule has 1 aliphatic heterocycles. The Bertz CT molecular complexity index is 501. The van der Waals surface area contributed by atoms with Crippen molar-refractivity contribution in [3.63, 3.8) is 0 Å². The van der Waals surface area contributed by atoms with Crippen molar-refractivity contribution in [3.05, 3.63) is 47.2 Å². The lowest BCUT2D eigenvalue weighted by atomic mass is 9.88. The zero-order chi connectivity index (χ0) is 11.9. The van der Waals surface area contributed by atoms with Crippen molar-refractivity contribution in [2.45, 2.75) is 19.8 Å². The lowest BCUT2D eigenvalue weighted by Crippen LogP contribution is -2.35. The highest BCUT2D eigenvalue weighted by molar-refractivity contribution is 6.21. The lowest BCUT2D eigenvalue weighted by Gasteiger charge is -2.21. The van der Waals surface area contributed by atoms with Gasteiger partial charge in [0, 0.05) is 5.56 Å². The van der Waals surface area contributed by atoms with Gasteiger partial charge in [0.15, 0.2) is 0 Å². The number of nitrogens with one attached hydrogen (secondary N) is 1. The number of amides is 1. The molecule has 0 saturated heterocycles. The quantitative estimate of drug-likeness (QED) is 0.730. The van der Waals surface area contributed by atoms with Crippen LogP contribution < -0.4 is 5.32 Å². The Morgan fingerprint density at radius 2 is 1.94 bits per heavy atom. The van der Waals surface area contributed by atoms with E-state index in [1.165, 1.54) is 0 Å². The molecule has 82 valence electrons. The van der Waals surface area contributed by atoms with Gasteiger partial charge in [-0.25, -0.2) is 0 Å². The van der Waals surface area contributed by atoms with Crippen molar-refractivity contribution in [1.29, 1.82) is 0 Å². The summed E-state index contributed by atoms with van der Waals surface area (Å²) in [6, 6.07) is 5.36. The molecule has 0 aromatic heterocycles.